The Morgan fingerprint density at radius 2 is 1.86 bits per heavy atom. The maximum absolute atomic E-state index is 12.0. The lowest BCUT2D eigenvalue weighted by atomic mass is 10.1. The van der Waals surface area contributed by atoms with Gasteiger partial charge in [-0.15, -0.1) is 0 Å². The van der Waals surface area contributed by atoms with E-state index in [-0.39, 0.29) is 11.5 Å². The zero-order chi connectivity index (χ0) is 15.5. The number of benzene rings is 2. The van der Waals surface area contributed by atoms with Crippen molar-refractivity contribution in [1.82, 2.24) is 0 Å². The number of hydrogen-bond acceptors (Lipinski definition) is 4. The van der Waals surface area contributed by atoms with Crippen LogP contribution < -0.4 is 0 Å². The van der Waals surface area contributed by atoms with Gasteiger partial charge < -0.3 is 5.11 Å². The standard InChI is InChI=1S/C15H15ClO4S/c1-11-5-7-14(8-6-11)21(18,19)20-10-15(17)12-3-2-4-13(16)9-12/h2-9,15,17H,10H2,1H3. The van der Waals surface area contributed by atoms with E-state index < -0.39 is 16.2 Å². The van der Waals surface area contributed by atoms with Crippen LogP contribution in [0.5, 0.6) is 0 Å². The van der Waals surface area contributed by atoms with Crippen LogP contribution in [0.15, 0.2) is 53.4 Å². The van der Waals surface area contributed by atoms with E-state index in [0.717, 1.165) is 5.56 Å². The summed E-state index contributed by atoms with van der Waals surface area (Å²) in [4.78, 5) is 0.0615. The Morgan fingerprint density at radius 3 is 2.48 bits per heavy atom. The second-order valence-corrected chi connectivity index (χ2v) is 6.67. The molecule has 2 aromatic rings. The smallest absolute Gasteiger partial charge is 0.297 e. The van der Waals surface area contributed by atoms with Crippen molar-refractivity contribution in [2.75, 3.05) is 6.61 Å². The first-order chi connectivity index (χ1) is 9.88. The first-order valence-electron chi connectivity index (χ1n) is 6.28. The summed E-state index contributed by atoms with van der Waals surface area (Å²) in [6, 6.07) is 12.9. The van der Waals surface area contributed by atoms with Gasteiger partial charge in [0.15, 0.2) is 0 Å². The number of aliphatic hydroxyl groups excluding tert-OH is 1. The van der Waals surface area contributed by atoms with Crippen LogP contribution in [-0.4, -0.2) is 20.1 Å². The molecule has 0 saturated carbocycles. The zero-order valence-corrected chi connectivity index (χ0v) is 12.9. The molecule has 0 amide bonds. The molecule has 2 aromatic carbocycles. The molecule has 0 bridgehead atoms. The van der Waals surface area contributed by atoms with Crippen LogP contribution >= 0.6 is 11.6 Å². The molecule has 21 heavy (non-hydrogen) atoms. The number of aryl methyl sites for hydroxylation is 1. The molecule has 0 saturated heterocycles. The van der Waals surface area contributed by atoms with Crippen LogP contribution in [0.1, 0.15) is 17.2 Å². The SMILES string of the molecule is Cc1ccc(S(=O)(=O)OCC(O)c2cccc(Cl)c2)cc1. The molecule has 0 radical (unpaired) electrons. The third kappa shape index (κ3) is 4.28. The molecule has 2 rings (SSSR count). The Kier molecular flexibility index (Phi) is 5.00. The van der Waals surface area contributed by atoms with Crippen LogP contribution in [0, 0.1) is 6.92 Å². The number of hydrogen-bond donors (Lipinski definition) is 1. The van der Waals surface area contributed by atoms with Gasteiger partial charge in [-0.25, -0.2) is 0 Å². The minimum absolute atomic E-state index is 0.0615. The van der Waals surface area contributed by atoms with E-state index in [2.05, 4.69) is 0 Å². The van der Waals surface area contributed by atoms with Crippen LogP contribution in [-0.2, 0) is 14.3 Å². The molecule has 1 N–H and O–H groups in total. The Hall–Kier alpha value is -1.40. The van der Waals surface area contributed by atoms with Crippen LogP contribution in [0.25, 0.3) is 0 Å². The number of rotatable bonds is 5. The monoisotopic (exact) mass is 326 g/mol. The first-order valence-corrected chi connectivity index (χ1v) is 8.07. The third-order valence-corrected chi connectivity index (χ3v) is 4.46. The largest absolute Gasteiger partial charge is 0.386 e. The fourth-order valence-electron chi connectivity index (χ4n) is 1.74. The van der Waals surface area contributed by atoms with E-state index in [1.165, 1.54) is 12.1 Å². The summed E-state index contributed by atoms with van der Waals surface area (Å²) in [5, 5.41) is 10.4. The van der Waals surface area contributed by atoms with Gasteiger partial charge in [-0.05, 0) is 36.8 Å². The highest BCUT2D eigenvalue weighted by Gasteiger charge is 2.18. The fourth-order valence-corrected chi connectivity index (χ4v) is 2.85. The maximum Gasteiger partial charge on any atom is 0.297 e. The summed E-state index contributed by atoms with van der Waals surface area (Å²) in [7, 11) is -3.88. The molecule has 0 aliphatic rings. The van der Waals surface area contributed by atoms with Gasteiger partial charge >= 0.3 is 0 Å². The van der Waals surface area contributed by atoms with Crippen molar-refractivity contribution in [3.8, 4) is 0 Å². The molecule has 1 atom stereocenters. The molecule has 0 aliphatic carbocycles. The molecule has 112 valence electrons. The van der Waals surface area contributed by atoms with Crippen molar-refractivity contribution in [2.45, 2.75) is 17.9 Å². The Morgan fingerprint density at radius 1 is 1.19 bits per heavy atom. The normalized spacial score (nSPS) is 13.1. The molecule has 6 heteroatoms. The minimum Gasteiger partial charge on any atom is -0.386 e. The molecular weight excluding hydrogens is 312 g/mol. The highest BCUT2D eigenvalue weighted by atomic mass is 35.5. The van der Waals surface area contributed by atoms with Gasteiger partial charge in [0.05, 0.1) is 11.5 Å². The molecule has 0 heterocycles. The summed E-state index contributed by atoms with van der Waals surface area (Å²) in [5.41, 5.74) is 1.45. The summed E-state index contributed by atoms with van der Waals surface area (Å²) in [5.74, 6) is 0. The molecule has 0 spiro atoms. The predicted molar refractivity (Wildman–Crippen MR) is 80.7 cm³/mol. The van der Waals surface area contributed by atoms with Crippen LogP contribution in [0.2, 0.25) is 5.02 Å². The van der Waals surface area contributed by atoms with Crippen molar-refractivity contribution in [2.24, 2.45) is 0 Å². The van der Waals surface area contributed by atoms with Gasteiger partial charge in [0.1, 0.15) is 6.10 Å². The van der Waals surface area contributed by atoms with Gasteiger partial charge in [-0.2, -0.15) is 8.42 Å². The summed E-state index contributed by atoms with van der Waals surface area (Å²) >= 11 is 5.82. The second kappa shape index (κ2) is 6.58. The van der Waals surface area contributed by atoms with E-state index in [9.17, 15) is 13.5 Å². The lowest BCUT2D eigenvalue weighted by molar-refractivity contribution is 0.111. The summed E-state index contributed by atoms with van der Waals surface area (Å²) in [6.45, 7) is 1.50. The quantitative estimate of drug-likeness (QED) is 0.858. The van der Waals surface area contributed by atoms with Crippen molar-refractivity contribution in [3.05, 3.63) is 64.7 Å². The molecule has 1 unspecified atom stereocenters. The van der Waals surface area contributed by atoms with E-state index in [1.807, 2.05) is 6.92 Å². The highest BCUT2D eigenvalue weighted by molar-refractivity contribution is 7.86. The average molecular weight is 327 g/mol. The van der Waals surface area contributed by atoms with Crippen LogP contribution in [0.4, 0.5) is 0 Å². The van der Waals surface area contributed by atoms with Gasteiger partial charge in [0, 0.05) is 5.02 Å². The lowest BCUT2D eigenvalue weighted by Gasteiger charge is -2.12. The van der Waals surface area contributed by atoms with E-state index in [0.29, 0.717) is 10.6 Å². The van der Waals surface area contributed by atoms with Gasteiger partial charge in [0.25, 0.3) is 10.1 Å². The minimum atomic E-state index is -3.88. The summed E-state index contributed by atoms with van der Waals surface area (Å²) < 4.78 is 28.9. The van der Waals surface area contributed by atoms with Crippen molar-refractivity contribution < 1.29 is 17.7 Å². The van der Waals surface area contributed by atoms with Crippen LogP contribution in [0.3, 0.4) is 0 Å². The lowest BCUT2D eigenvalue weighted by Crippen LogP contribution is -2.13. The molecule has 0 aliphatic heterocycles. The molecule has 0 fully saturated rings. The van der Waals surface area contributed by atoms with Crippen molar-refractivity contribution >= 4 is 21.7 Å². The Balaban J connectivity index is 2.06. The Bertz CT molecular complexity index is 711. The molecule has 0 aromatic heterocycles. The zero-order valence-electron chi connectivity index (χ0n) is 11.4. The number of aliphatic hydroxyl groups is 1. The van der Waals surface area contributed by atoms with Crippen molar-refractivity contribution in [3.63, 3.8) is 0 Å². The molecular formula is C15H15ClO4S. The van der Waals surface area contributed by atoms with E-state index in [4.69, 9.17) is 15.8 Å². The average Bonchev–Trinajstić information content (AvgIpc) is 2.45. The van der Waals surface area contributed by atoms with Gasteiger partial charge in [-0.3, -0.25) is 4.18 Å². The maximum atomic E-state index is 12.0. The fraction of sp³-hybridized carbons (Fsp3) is 0.200. The Labute approximate surface area is 129 Å². The van der Waals surface area contributed by atoms with Gasteiger partial charge in [0.2, 0.25) is 0 Å². The van der Waals surface area contributed by atoms with Gasteiger partial charge in [-0.1, -0.05) is 41.4 Å². The third-order valence-electron chi connectivity index (χ3n) is 2.92. The van der Waals surface area contributed by atoms with Crippen molar-refractivity contribution in [1.29, 1.82) is 0 Å². The second-order valence-electron chi connectivity index (χ2n) is 4.62. The predicted octanol–water partition coefficient (Wildman–Crippen LogP) is 3.09. The van der Waals surface area contributed by atoms with E-state index in [1.54, 1.807) is 36.4 Å². The summed E-state index contributed by atoms with van der Waals surface area (Å²) in [6.07, 6.45) is -1.07. The molecule has 4 nitrogen and oxygen atoms in total. The first kappa shape index (κ1) is 16.0. The van der Waals surface area contributed by atoms with E-state index >= 15 is 0 Å². The number of halogens is 1. The topological polar surface area (TPSA) is 63.6 Å². The highest BCUT2D eigenvalue weighted by Crippen LogP contribution is 2.20.